The van der Waals surface area contributed by atoms with Crippen molar-refractivity contribution < 1.29 is 24.3 Å². The maximum absolute atomic E-state index is 11.6. The Bertz CT molecular complexity index is 637. The topological polar surface area (TPSA) is 85.5 Å². The van der Waals surface area contributed by atoms with Crippen molar-refractivity contribution in [2.45, 2.75) is 6.54 Å². The van der Waals surface area contributed by atoms with E-state index in [4.69, 9.17) is 19.0 Å². The number of nitrogens with two attached hydrogens (primary N) is 1. The van der Waals surface area contributed by atoms with Crippen molar-refractivity contribution in [3.63, 3.8) is 0 Å². The first-order valence-corrected chi connectivity index (χ1v) is 6.85. The molecule has 0 saturated carbocycles. The van der Waals surface area contributed by atoms with E-state index in [0.29, 0.717) is 31.1 Å². The van der Waals surface area contributed by atoms with E-state index in [-0.39, 0.29) is 12.2 Å². The average Bonchev–Trinajstić information content (AvgIpc) is 2.49. The number of hydrogen-bond donors (Lipinski definition) is 2. The smallest absolute Gasteiger partial charge is 0.336 e. The quantitative estimate of drug-likeness (QED) is 0.523. The normalized spacial score (nSPS) is 11.0. The SMILES string of the molecule is COc1ccc2c(C[NH2+]CCOCCO)cc(=O)oc2c1. The molecule has 0 bridgehead atoms. The molecular weight excluding hydrogens is 274 g/mol. The highest BCUT2D eigenvalue weighted by molar-refractivity contribution is 5.81. The molecule has 6 heteroatoms. The van der Waals surface area contributed by atoms with Gasteiger partial charge in [0.2, 0.25) is 0 Å². The van der Waals surface area contributed by atoms with Crippen molar-refractivity contribution in [1.29, 1.82) is 0 Å². The highest BCUT2D eigenvalue weighted by Gasteiger charge is 2.08. The van der Waals surface area contributed by atoms with Crippen LogP contribution in [0.3, 0.4) is 0 Å². The molecule has 3 N–H and O–H groups in total. The summed E-state index contributed by atoms with van der Waals surface area (Å²) in [5.41, 5.74) is 1.09. The Hall–Kier alpha value is -1.89. The Morgan fingerprint density at radius 1 is 1.29 bits per heavy atom. The minimum absolute atomic E-state index is 0.0339. The van der Waals surface area contributed by atoms with Gasteiger partial charge in [0.15, 0.2) is 0 Å². The Balaban J connectivity index is 2.07. The predicted octanol–water partition coefficient (Wildman–Crippen LogP) is -0.126. The molecular formula is C15H20NO5+. The van der Waals surface area contributed by atoms with Gasteiger partial charge in [-0.25, -0.2) is 4.79 Å². The van der Waals surface area contributed by atoms with Crippen LogP contribution in [-0.4, -0.2) is 38.6 Å². The van der Waals surface area contributed by atoms with Gasteiger partial charge in [-0.1, -0.05) is 0 Å². The first-order valence-electron chi connectivity index (χ1n) is 6.85. The van der Waals surface area contributed by atoms with E-state index in [1.807, 2.05) is 12.1 Å². The number of fused-ring (bicyclic) bond motifs is 1. The minimum atomic E-state index is -0.365. The lowest BCUT2D eigenvalue weighted by Crippen LogP contribution is -2.83. The van der Waals surface area contributed by atoms with Crippen LogP contribution in [0.2, 0.25) is 0 Å². The van der Waals surface area contributed by atoms with E-state index < -0.39 is 0 Å². The van der Waals surface area contributed by atoms with Gasteiger partial charge in [-0.05, 0) is 12.1 Å². The van der Waals surface area contributed by atoms with E-state index in [1.165, 1.54) is 6.07 Å². The van der Waals surface area contributed by atoms with E-state index in [9.17, 15) is 4.79 Å². The summed E-state index contributed by atoms with van der Waals surface area (Å²) in [6.45, 7) is 2.38. The third kappa shape index (κ3) is 4.29. The molecule has 0 fully saturated rings. The molecule has 0 spiro atoms. The molecule has 2 rings (SSSR count). The molecule has 0 atom stereocenters. The van der Waals surface area contributed by atoms with Crippen LogP contribution >= 0.6 is 0 Å². The van der Waals surface area contributed by atoms with Crippen molar-refractivity contribution in [3.05, 3.63) is 40.2 Å². The lowest BCUT2D eigenvalue weighted by molar-refractivity contribution is -0.671. The molecule has 0 unspecified atom stereocenters. The fourth-order valence-corrected chi connectivity index (χ4v) is 2.10. The maximum atomic E-state index is 11.6. The van der Waals surface area contributed by atoms with Crippen molar-refractivity contribution in [3.8, 4) is 5.75 Å². The van der Waals surface area contributed by atoms with Crippen LogP contribution in [0.1, 0.15) is 5.56 Å². The second-order valence-electron chi connectivity index (χ2n) is 4.57. The third-order valence-corrected chi connectivity index (χ3v) is 3.10. The van der Waals surface area contributed by atoms with Gasteiger partial charge in [-0.3, -0.25) is 0 Å². The fraction of sp³-hybridized carbons (Fsp3) is 0.400. The van der Waals surface area contributed by atoms with Gasteiger partial charge in [-0.15, -0.1) is 0 Å². The Labute approximate surface area is 122 Å². The van der Waals surface area contributed by atoms with Crippen LogP contribution in [0.15, 0.2) is 33.5 Å². The molecule has 0 aliphatic rings. The summed E-state index contributed by atoms with van der Waals surface area (Å²) < 4.78 is 15.5. The zero-order valence-electron chi connectivity index (χ0n) is 12.0. The minimum Gasteiger partial charge on any atom is -0.497 e. The zero-order valence-corrected chi connectivity index (χ0v) is 12.0. The molecule has 21 heavy (non-hydrogen) atoms. The third-order valence-electron chi connectivity index (χ3n) is 3.10. The van der Waals surface area contributed by atoms with E-state index >= 15 is 0 Å². The summed E-state index contributed by atoms with van der Waals surface area (Å²) in [5, 5.41) is 11.6. The predicted molar refractivity (Wildman–Crippen MR) is 77.4 cm³/mol. The number of quaternary nitrogens is 1. The molecule has 0 amide bonds. The van der Waals surface area contributed by atoms with E-state index in [0.717, 1.165) is 17.5 Å². The molecule has 0 aliphatic heterocycles. The van der Waals surface area contributed by atoms with Crippen molar-refractivity contribution in [1.82, 2.24) is 0 Å². The number of aliphatic hydroxyl groups excluding tert-OH is 1. The number of rotatable bonds is 8. The second kappa shape index (κ2) is 7.78. The molecule has 0 aliphatic carbocycles. The van der Waals surface area contributed by atoms with Gasteiger partial charge in [0, 0.05) is 23.1 Å². The summed E-state index contributed by atoms with van der Waals surface area (Å²) in [6.07, 6.45) is 0. The standard InChI is InChI=1S/C15H19NO5/c1-19-12-2-3-13-11(8-15(18)21-14(13)9-12)10-16-4-6-20-7-5-17/h2-3,8-9,16-17H,4-7,10H2,1H3/p+1. The largest absolute Gasteiger partial charge is 0.497 e. The maximum Gasteiger partial charge on any atom is 0.336 e. The summed E-state index contributed by atoms with van der Waals surface area (Å²) in [5.74, 6) is 0.657. The number of hydrogen-bond acceptors (Lipinski definition) is 5. The first kappa shape index (κ1) is 15.5. The van der Waals surface area contributed by atoms with Gasteiger partial charge < -0.3 is 24.3 Å². The van der Waals surface area contributed by atoms with Crippen LogP contribution in [0.5, 0.6) is 5.75 Å². The molecule has 0 radical (unpaired) electrons. The summed E-state index contributed by atoms with van der Waals surface area (Å²) in [6, 6.07) is 6.96. The molecule has 1 heterocycles. The lowest BCUT2D eigenvalue weighted by Gasteiger charge is -2.06. The molecule has 6 nitrogen and oxygen atoms in total. The molecule has 114 valence electrons. The van der Waals surface area contributed by atoms with Gasteiger partial charge >= 0.3 is 5.63 Å². The highest BCUT2D eigenvalue weighted by Crippen LogP contribution is 2.21. The molecule has 2 aromatic rings. The summed E-state index contributed by atoms with van der Waals surface area (Å²) in [4.78, 5) is 11.6. The summed E-state index contributed by atoms with van der Waals surface area (Å²) >= 11 is 0. The molecule has 0 saturated heterocycles. The van der Waals surface area contributed by atoms with Gasteiger partial charge in [0.25, 0.3) is 0 Å². The van der Waals surface area contributed by atoms with E-state index in [1.54, 1.807) is 13.2 Å². The van der Waals surface area contributed by atoms with Crippen LogP contribution in [0.4, 0.5) is 0 Å². The highest BCUT2D eigenvalue weighted by atomic mass is 16.5. The van der Waals surface area contributed by atoms with Crippen LogP contribution in [0.25, 0.3) is 11.0 Å². The second-order valence-corrected chi connectivity index (χ2v) is 4.57. The lowest BCUT2D eigenvalue weighted by atomic mass is 10.1. The van der Waals surface area contributed by atoms with Crippen LogP contribution < -0.4 is 15.7 Å². The van der Waals surface area contributed by atoms with Gasteiger partial charge in [0.05, 0.1) is 33.5 Å². The van der Waals surface area contributed by atoms with Gasteiger partial charge in [-0.2, -0.15) is 0 Å². The number of ether oxygens (including phenoxy) is 2. The fourth-order valence-electron chi connectivity index (χ4n) is 2.10. The zero-order chi connectivity index (χ0) is 15.1. The van der Waals surface area contributed by atoms with Crippen molar-refractivity contribution in [2.75, 3.05) is 33.5 Å². The van der Waals surface area contributed by atoms with Crippen molar-refractivity contribution in [2.24, 2.45) is 0 Å². The number of aliphatic hydroxyl groups is 1. The number of benzene rings is 1. The Morgan fingerprint density at radius 2 is 2.14 bits per heavy atom. The first-order chi connectivity index (χ1) is 10.2. The number of methoxy groups -OCH3 is 1. The monoisotopic (exact) mass is 294 g/mol. The summed E-state index contributed by atoms with van der Waals surface area (Å²) in [7, 11) is 1.57. The molecule has 1 aromatic heterocycles. The Kier molecular flexibility index (Phi) is 5.74. The molecule has 1 aromatic carbocycles. The van der Waals surface area contributed by atoms with Crippen molar-refractivity contribution >= 4 is 11.0 Å². The van der Waals surface area contributed by atoms with E-state index in [2.05, 4.69) is 5.32 Å². The Morgan fingerprint density at radius 3 is 2.90 bits per heavy atom. The van der Waals surface area contributed by atoms with Crippen LogP contribution in [-0.2, 0) is 11.3 Å². The van der Waals surface area contributed by atoms with Crippen LogP contribution in [0, 0.1) is 0 Å². The average molecular weight is 294 g/mol. The van der Waals surface area contributed by atoms with Gasteiger partial charge in [0.1, 0.15) is 17.9 Å².